The molecular weight excluding hydrogens is 300 g/mol. The highest BCUT2D eigenvalue weighted by Crippen LogP contribution is 2.30. The van der Waals surface area contributed by atoms with E-state index in [2.05, 4.69) is 19.9 Å². The van der Waals surface area contributed by atoms with Gasteiger partial charge in [-0.25, -0.2) is 15.0 Å². The molecule has 0 spiro atoms. The fourth-order valence-corrected chi connectivity index (χ4v) is 3.81. The highest BCUT2D eigenvalue weighted by atomic mass is 16.5. The van der Waals surface area contributed by atoms with E-state index in [0.29, 0.717) is 11.8 Å². The minimum absolute atomic E-state index is 0.523. The largest absolute Gasteiger partial charge is 0.477 e. The molecule has 0 N–H and O–H groups in total. The molecule has 2 aromatic heterocycles. The second-order valence-corrected chi connectivity index (χ2v) is 6.76. The molecule has 0 radical (unpaired) electrons. The summed E-state index contributed by atoms with van der Waals surface area (Å²) in [6, 6.07) is 5.79. The van der Waals surface area contributed by atoms with Crippen molar-refractivity contribution >= 4 is 5.82 Å². The zero-order valence-corrected chi connectivity index (χ0v) is 14.0. The van der Waals surface area contributed by atoms with Crippen LogP contribution in [0.15, 0.2) is 30.7 Å². The Bertz CT molecular complexity index is 676. The Labute approximate surface area is 143 Å². The molecule has 0 aromatic carbocycles. The Morgan fingerprint density at radius 2 is 2.04 bits per heavy atom. The van der Waals surface area contributed by atoms with Gasteiger partial charge < -0.3 is 9.64 Å². The summed E-state index contributed by atoms with van der Waals surface area (Å²) in [6.07, 6.45) is 10.6. The molecule has 1 unspecified atom stereocenters. The molecule has 1 saturated heterocycles. The van der Waals surface area contributed by atoms with Gasteiger partial charge >= 0.3 is 0 Å². The minimum atomic E-state index is 0.523. The number of hydrogen-bond donors (Lipinski definition) is 0. The number of nitrogens with zero attached hydrogens (tertiary/aromatic N) is 4. The van der Waals surface area contributed by atoms with E-state index in [1.807, 2.05) is 18.2 Å². The average molecular weight is 324 g/mol. The van der Waals surface area contributed by atoms with E-state index in [4.69, 9.17) is 4.74 Å². The molecule has 0 amide bonds. The maximum atomic E-state index is 5.87. The van der Waals surface area contributed by atoms with Crippen LogP contribution in [0.25, 0.3) is 0 Å². The van der Waals surface area contributed by atoms with Crippen molar-refractivity contribution in [1.29, 1.82) is 0 Å². The lowest BCUT2D eigenvalue weighted by Gasteiger charge is -2.35. The summed E-state index contributed by atoms with van der Waals surface area (Å²) >= 11 is 0. The van der Waals surface area contributed by atoms with Crippen molar-refractivity contribution in [3.05, 3.63) is 42.0 Å². The number of rotatable bonds is 4. The maximum absolute atomic E-state index is 5.87. The summed E-state index contributed by atoms with van der Waals surface area (Å²) in [5.41, 5.74) is 2.65. The van der Waals surface area contributed by atoms with Crippen LogP contribution in [0.4, 0.5) is 5.82 Å². The molecule has 0 bridgehead atoms. The van der Waals surface area contributed by atoms with Gasteiger partial charge in [0.05, 0.1) is 6.61 Å². The molecule has 4 rings (SSSR count). The van der Waals surface area contributed by atoms with Gasteiger partial charge in [0.2, 0.25) is 5.88 Å². The summed E-state index contributed by atoms with van der Waals surface area (Å²) in [4.78, 5) is 15.8. The van der Waals surface area contributed by atoms with Gasteiger partial charge in [0, 0.05) is 42.5 Å². The van der Waals surface area contributed by atoms with Crippen molar-refractivity contribution in [2.75, 3.05) is 24.6 Å². The Balaban J connectivity index is 1.43. The average Bonchev–Trinajstić information content (AvgIpc) is 2.67. The molecule has 24 heavy (non-hydrogen) atoms. The second-order valence-electron chi connectivity index (χ2n) is 6.76. The van der Waals surface area contributed by atoms with Crippen LogP contribution in [0, 0.1) is 5.92 Å². The highest BCUT2D eigenvalue weighted by Gasteiger charge is 2.25. The van der Waals surface area contributed by atoms with Crippen molar-refractivity contribution in [2.45, 2.75) is 38.5 Å². The molecular formula is C19H24N4O. The van der Waals surface area contributed by atoms with E-state index in [1.165, 1.54) is 42.8 Å². The zero-order chi connectivity index (χ0) is 16.2. The summed E-state index contributed by atoms with van der Waals surface area (Å²) in [5.74, 6) is 2.41. The van der Waals surface area contributed by atoms with Crippen LogP contribution in [-0.2, 0) is 12.8 Å². The van der Waals surface area contributed by atoms with Gasteiger partial charge in [-0.1, -0.05) is 6.07 Å². The minimum Gasteiger partial charge on any atom is -0.477 e. The Morgan fingerprint density at radius 3 is 2.96 bits per heavy atom. The lowest BCUT2D eigenvalue weighted by atomic mass is 9.94. The van der Waals surface area contributed by atoms with Gasteiger partial charge in [-0.2, -0.15) is 0 Å². The molecule has 2 aromatic rings. The smallest absolute Gasteiger partial charge is 0.213 e. The number of aromatic nitrogens is 3. The Kier molecular flexibility index (Phi) is 4.58. The van der Waals surface area contributed by atoms with Crippen molar-refractivity contribution in [2.24, 2.45) is 5.92 Å². The number of fused-ring (bicyclic) bond motifs is 1. The van der Waals surface area contributed by atoms with Gasteiger partial charge in [-0.15, -0.1) is 0 Å². The van der Waals surface area contributed by atoms with Crippen molar-refractivity contribution in [3.8, 4) is 5.88 Å². The fraction of sp³-hybridized carbons (Fsp3) is 0.526. The lowest BCUT2D eigenvalue weighted by Crippen LogP contribution is -2.39. The molecule has 1 aliphatic heterocycles. The normalized spacial score (nSPS) is 20.5. The zero-order valence-electron chi connectivity index (χ0n) is 14.0. The van der Waals surface area contributed by atoms with Crippen LogP contribution >= 0.6 is 0 Å². The standard InChI is InChI=1S/C19H24N4O/c1-2-8-17-16(7-1)19(22-14-21-17)23-11-5-6-15(12-23)13-24-18-9-3-4-10-20-18/h3-4,9-10,14-15H,1-2,5-8,11-13H2. The van der Waals surface area contributed by atoms with Crippen LogP contribution < -0.4 is 9.64 Å². The van der Waals surface area contributed by atoms with Crippen LogP contribution in [-0.4, -0.2) is 34.6 Å². The van der Waals surface area contributed by atoms with Crippen LogP contribution in [0.3, 0.4) is 0 Å². The molecule has 126 valence electrons. The molecule has 0 saturated carbocycles. The first-order valence-corrected chi connectivity index (χ1v) is 9.01. The number of piperidine rings is 1. The van der Waals surface area contributed by atoms with Crippen molar-refractivity contribution in [1.82, 2.24) is 15.0 Å². The number of anilines is 1. The van der Waals surface area contributed by atoms with Gasteiger partial charge in [0.15, 0.2) is 0 Å². The third-order valence-corrected chi connectivity index (χ3v) is 5.03. The number of hydrogen-bond acceptors (Lipinski definition) is 5. The van der Waals surface area contributed by atoms with Crippen molar-refractivity contribution < 1.29 is 4.74 Å². The molecule has 1 fully saturated rings. The van der Waals surface area contributed by atoms with Gasteiger partial charge in [0.1, 0.15) is 12.1 Å². The monoisotopic (exact) mass is 324 g/mol. The molecule has 3 heterocycles. The number of ether oxygens (including phenoxy) is 1. The van der Waals surface area contributed by atoms with Gasteiger partial charge in [-0.05, 0) is 44.6 Å². The third kappa shape index (κ3) is 3.35. The predicted molar refractivity (Wildman–Crippen MR) is 93.3 cm³/mol. The number of pyridine rings is 1. The van der Waals surface area contributed by atoms with Gasteiger partial charge in [-0.3, -0.25) is 0 Å². The van der Waals surface area contributed by atoms with E-state index in [9.17, 15) is 0 Å². The molecule has 5 heteroatoms. The molecule has 5 nitrogen and oxygen atoms in total. The topological polar surface area (TPSA) is 51.1 Å². The predicted octanol–water partition coefficient (Wildman–Crippen LogP) is 3.05. The Hall–Kier alpha value is -2.17. The quantitative estimate of drug-likeness (QED) is 0.865. The summed E-state index contributed by atoms with van der Waals surface area (Å²) in [6.45, 7) is 2.82. The van der Waals surface area contributed by atoms with E-state index in [1.54, 1.807) is 12.5 Å². The van der Waals surface area contributed by atoms with Crippen LogP contribution in [0.2, 0.25) is 0 Å². The second kappa shape index (κ2) is 7.16. The van der Waals surface area contributed by atoms with Gasteiger partial charge in [0.25, 0.3) is 0 Å². The van der Waals surface area contributed by atoms with Crippen molar-refractivity contribution in [3.63, 3.8) is 0 Å². The third-order valence-electron chi connectivity index (χ3n) is 5.03. The summed E-state index contributed by atoms with van der Waals surface area (Å²) in [7, 11) is 0. The fourth-order valence-electron chi connectivity index (χ4n) is 3.81. The molecule has 1 aliphatic carbocycles. The molecule has 1 atom stereocenters. The Morgan fingerprint density at radius 1 is 1.08 bits per heavy atom. The summed E-state index contributed by atoms with van der Waals surface area (Å²) < 4.78 is 5.87. The van der Waals surface area contributed by atoms with Crippen LogP contribution in [0.1, 0.15) is 36.9 Å². The summed E-state index contributed by atoms with van der Waals surface area (Å²) in [5, 5.41) is 0. The van der Waals surface area contributed by atoms with E-state index >= 15 is 0 Å². The first-order valence-electron chi connectivity index (χ1n) is 9.01. The first-order chi connectivity index (χ1) is 11.9. The first kappa shape index (κ1) is 15.4. The highest BCUT2D eigenvalue weighted by molar-refractivity contribution is 5.50. The maximum Gasteiger partial charge on any atom is 0.213 e. The van der Waals surface area contributed by atoms with E-state index in [0.717, 1.165) is 32.5 Å². The molecule has 2 aliphatic rings. The van der Waals surface area contributed by atoms with E-state index in [-0.39, 0.29) is 0 Å². The number of aryl methyl sites for hydroxylation is 1. The lowest BCUT2D eigenvalue weighted by molar-refractivity contribution is 0.221. The SMILES string of the molecule is c1ccc(OCC2CCCN(c3ncnc4c3CCCC4)C2)nc1. The van der Waals surface area contributed by atoms with Crippen LogP contribution in [0.5, 0.6) is 5.88 Å². The van der Waals surface area contributed by atoms with E-state index < -0.39 is 0 Å².